The van der Waals surface area contributed by atoms with Gasteiger partial charge in [-0.25, -0.2) is 4.39 Å². The van der Waals surface area contributed by atoms with Crippen LogP contribution in [0.2, 0.25) is 0 Å². The Kier molecular flexibility index (Phi) is 1.88. The van der Waals surface area contributed by atoms with E-state index >= 15 is 0 Å². The number of halogens is 1. The number of alkyl halides is 1. The van der Waals surface area contributed by atoms with E-state index in [1.807, 2.05) is 0 Å². The lowest BCUT2D eigenvalue weighted by Crippen LogP contribution is -2.43. The molecule has 11 heavy (non-hydrogen) atoms. The Bertz CT molecular complexity index is 134. The van der Waals surface area contributed by atoms with Gasteiger partial charge in [0.25, 0.3) is 0 Å². The first-order valence-electron chi connectivity index (χ1n) is 4.67. The van der Waals surface area contributed by atoms with Crippen molar-refractivity contribution in [2.45, 2.75) is 44.3 Å². The second kappa shape index (κ2) is 2.74. The van der Waals surface area contributed by atoms with E-state index in [2.05, 4.69) is 0 Å². The van der Waals surface area contributed by atoms with E-state index in [9.17, 15) is 4.39 Å². The summed E-state index contributed by atoms with van der Waals surface area (Å²) >= 11 is 0. The summed E-state index contributed by atoms with van der Waals surface area (Å²) in [6.45, 7) is 0. The Hall–Kier alpha value is -0.110. The predicted octanol–water partition coefficient (Wildman–Crippen LogP) is 1.86. The Morgan fingerprint density at radius 2 is 1.64 bits per heavy atom. The first-order valence-corrected chi connectivity index (χ1v) is 4.67. The number of fused-ring (bicyclic) bond motifs is 2. The second-order valence-electron chi connectivity index (χ2n) is 4.13. The molecule has 2 saturated carbocycles. The van der Waals surface area contributed by atoms with Crippen LogP contribution in [0.5, 0.6) is 0 Å². The highest BCUT2D eigenvalue weighted by atomic mass is 19.1. The Morgan fingerprint density at radius 3 is 2.18 bits per heavy atom. The van der Waals surface area contributed by atoms with E-state index in [-0.39, 0.29) is 6.04 Å². The standard InChI is InChI=1S/C9H16FN/c10-9-6-2-1-3-7(9)5-8(11)4-6/h6-9H,1-5,11H2/t6-,7+,8?,9?. The maximum atomic E-state index is 13.4. The Labute approximate surface area is 67.2 Å². The highest BCUT2D eigenvalue weighted by Crippen LogP contribution is 2.41. The van der Waals surface area contributed by atoms with Gasteiger partial charge in [-0.1, -0.05) is 6.42 Å². The van der Waals surface area contributed by atoms with Crippen molar-refractivity contribution in [3.8, 4) is 0 Å². The fourth-order valence-corrected chi connectivity index (χ4v) is 2.72. The molecule has 0 saturated heterocycles. The molecule has 0 spiro atoms. The molecular weight excluding hydrogens is 141 g/mol. The van der Waals surface area contributed by atoms with Crippen molar-refractivity contribution in [1.29, 1.82) is 0 Å². The third kappa shape index (κ3) is 1.28. The lowest BCUT2D eigenvalue weighted by atomic mass is 9.69. The first-order chi connectivity index (χ1) is 5.27. The van der Waals surface area contributed by atoms with Crippen LogP contribution in [0, 0.1) is 11.8 Å². The minimum absolute atomic E-state index is 0.289. The highest BCUT2D eigenvalue weighted by molar-refractivity contribution is 4.91. The molecule has 2 rings (SSSR count). The zero-order chi connectivity index (χ0) is 7.84. The number of hydrogen-bond acceptors (Lipinski definition) is 1. The molecule has 0 aliphatic heterocycles. The molecule has 4 atom stereocenters. The smallest absolute Gasteiger partial charge is 0.106 e. The molecule has 2 unspecified atom stereocenters. The topological polar surface area (TPSA) is 26.0 Å². The third-order valence-electron chi connectivity index (χ3n) is 3.26. The van der Waals surface area contributed by atoms with Gasteiger partial charge in [-0.2, -0.15) is 0 Å². The van der Waals surface area contributed by atoms with Crippen molar-refractivity contribution in [2.24, 2.45) is 17.6 Å². The summed E-state index contributed by atoms with van der Waals surface area (Å²) in [5.74, 6) is 0.606. The monoisotopic (exact) mass is 157 g/mol. The summed E-state index contributed by atoms with van der Waals surface area (Å²) in [5, 5.41) is 0. The molecule has 0 radical (unpaired) electrons. The van der Waals surface area contributed by atoms with Crippen LogP contribution < -0.4 is 5.73 Å². The third-order valence-corrected chi connectivity index (χ3v) is 3.26. The van der Waals surface area contributed by atoms with Crippen molar-refractivity contribution in [1.82, 2.24) is 0 Å². The van der Waals surface area contributed by atoms with Gasteiger partial charge in [0.05, 0.1) is 0 Å². The van der Waals surface area contributed by atoms with Gasteiger partial charge in [0, 0.05) is 6.04 Å². The quantitative estimate of drug-likeness (QED) is 0.570. The van der Waals surface area contributed by atoms with Crippen LogP contribution in [-0.4, -0.2) is 12.2 Å². The molecule has 2 N–H and O–H groups in total. The molecule has 2 bridgehead atoms. The lowest BCUT2D eigenvalue weighted by Gasteiger charge is -2.40. The van der Waals surface area contributed by atoms with Crippen LogP contribution in [0.3, 0.4) is 0 Å². The number of rotatable bonds is 0. The summed E-state index contributed by atoms with van der Waals surface area (Å²) in [6, 6.07) is 0.289. The Balaban J connectivity index is 2.07. The van der Waals surface area contributed by atoms with Crippen LogP contribution in [0.1, 0.15) is 32.1 Å². The van der Waals surface area contributed by atoms with Crippen LogP contribution >= 0.6 is 0 Å². The van der Waals surface area contributed by atoms with Crippen molar-refractivity contribution in [3.05, 3.63) is 0 Å². The molecule has 0 amide bonds. The van der Waals surface area contributed by atoms with Crippen molar-refractivity contribution < 1.29 is 4.39 Å². The second-order valence-corrected chi connectivity index (χ2v) is 4.13. The zero-order valence-electron chi connectivity index (χ0n) is 6.80. The molecule has 64 valence electrons. The van der Waals surface area contributed by atoms with Gasteiger partial charge < -0.3 is 5.73 Å². The van der Waals surface area contributed by atoms with Gasteiger partial charge in [0.2, 0.25) is 0 Å². The molecule has 2 heteroatoms. The van der Waals surface area contributed by atoms with Gasteiger partial charge >= 0.3 is 0 Å². The van der Waals surface area contributed by atoms with E-state index in [1.54, 1.807) is 0 Å². The number of hydrogen-bond donors (Lipinski definition) is 1. The molecule has 2 aliphatic rings. The minimum Gasteiger partial charge on any atom is -0.328 e. The molecule has 0 heterocycles. The summed E-state index contributed by atoms with van der Waals surface area (Å²) < 4.78 is 13.4. The summed E-state index contributed by atoms with van der Waals surface area (Å²) in [4.78, 5) is 0. The SMILES string of the molecule is NC1C[C@H]2CCC[C@@H](C1)C2F. The normalized spacial score (nSPS) is 50.7. The molecular formula is C9H16FN. The molecule has 2 aliphatic carbocycles. The van der Waals surface area contributed by atoms with E-state index in [0.717, 1.165) is 25.7 Å². The molecule has 0 aromatic carbocycles. The first kappa shape index (κ1) is 7.53. The van der Waals surface area contributed by atoms with Gasteiger partial charge in [-0.3, -0.25) is 0 Å². The van der Waals surface area contributed by atoms with Crippen LogP contribution in [0.15, 0.2) is 0 Å². The van der Waals surface area contributed by atoms with Crippen LogP contribution in [0.25, 0.3) is 0 Å². The average molecular weight is 157 g/mol. The van der Waals surface area contributed by atoms with Gasteiger partial charge in [0.15, 0.2) is 0 Å². The van der Waals surface area contributed by atoms with Crippen molar-refractivity contribution in [3.63, 3.8) is 0 Å². The van der Waals surface area contributed by atoms with Crippen LogP contribution in [-0.2, 0) is 0 Å². The molecule has 2 fully saturated rings. The van der Waals surface area contributed by atoms with E-state index in [0.29, 0.717) is 11.8 Å². The van der Waals surface area contributed by atoms with E-state index in [4.69, 9.17) is 5.73 Å². The Morgan fingerprint density at radius 1 is 1.09 bits per heavy atom. The summed E-state index contributed by atoms with van der Waals surface area (Å²) in [6.07, 6.45) is 4.71. The van der Waals surface area contributed by atoms with Gasteiger partial charge in [-0.15, -0.1) is 0 Å². The van der Waals surface area contributed by atoms with E-state index < -0.39 is 6.17 Å². The van der Waals surface area contributed by atoms with Gasteiger partial charge in [0.1, 0.15) is 6.17 Å². The zero-order valence-corrected chi connectivity index (χ0v) is 6.80. The van der Waals surface area contributed by atoms with Crippen molar-refractivity contribution >= 4 is 0 Å². The molecule has 1 nitrogen and oxygen atoms in total. The highest BCUT2D eigenvalue weighted by Gasteiger charge is 2.39. The van der Waals surface area contributed by atoms with Gasteiger partial charge in [-0.05, 0) is 37.5 Å². The lowest BCUT2D eigenvalue weighted by molar-refractivity contribution is 0.0445. The summed E-state index contributed by atoms with van der Waals surface area (Å²) in [7, 11) is 0. The summed E-state index contributed by atoms with van der Waals surface area (Å²) in [5.41, 5.74) is 5.82. The minimum atomic E-state index is -0.524. The maximum Gasteiger partial charge on any atom is 0.106 e. The fourth-order valence-electron chi connectivity index (χ4n) is 2.72. The largest absolute Gasteiger partial charge is 0.328 e. The average Bonchev–Trinajstić information content (AvgIpc) is 1.92. The number of nitrogens with two attached hydrogens (primary N) is 1. The van der Waals surface area contributed by atoms with E-state index in [1.165, 1.54) is 6.42 Å². The maximum absolute atomic E-state index is 13.4. The van der Waals surface area contributed by atoms with Crippen molar-refractivity contribution in [2.75, 3.05) is 0 Å². The predicted molar refractivity (Wildman–Crippen MR) is 42.9 cm³/mol. The fraction of sp³-hybridized carbons (Fsp3) is 1.00. The molecule has 0 aromatic heterocycles. The van der Waals surface area contributed by atoms with Crippen LogP contribution in [0.4, 0.5) is 4.39 Å². The molecule has 0 aromatic rings.